The molecule has 1 rings (SSSR count). The summed E-state index contributed by atoms with van der Waals surface area (Å²) in [6.07, 6.45) is 12.8. The van der Waals surface area contributed by atoms with Crippen molar-refractivity contribution < 1.29 is 28.6 Å². The summed E-state index contributed by atoms with van der Waals surface area (Å²) >= 11 is 0. The van der Waals surface area contributed by atoms with Crippen LogP contribution in [0.25, 0.3) is 0 Å². The molecule has 0 aromatic rings. The van der Waals surface area contributed by atoms with Gasteiger partial charge in [-0.05, 0) is 31.4 Å². The van der Waals surface area contributed by atoms with Gasteiger partial charge in [0.05, 0.1) is 13.2 Å². The molecule has 1 fully saturated rings. The highest BCUT2D eigenvalue weighted by atomic mass is 16.7. The number of rotatable bonds is 17. The molecule has 6 nitrogen and oxygen atoms in total. The van der Waals surface area contributed by atoms with Gasteiger partial charge in [-0.3, -0.25) is 14.4 Å². The quantitative estimate of drug-likeness (QED) is 0.105. The van der Waals surface area contributed by atoms with Crippen LogP contribution in [0.2, 0.25) is 0 Å². The highest BCUT2D eigenvalue weighted by Gasteiger charge is 2.42. The molecule has 0 radical (unpaired) electrons. The predicted molar refractivity (Wildman–Crippen MR) is 120 cm³/mol. The van der Waals surface area contributed by atoms with Crippen LogP contribution < -0.4 is 0 Å². The number of hydrogen-bond donors (Lipinski definition) is 0. The van der Waals surface area contributed by atoms with Crippen molar-refractivity contribution in [3.05, 3.63) is 24.8 Å². The Bertz CT molecular complexity index is 597. The number of ether oxygens (including phenoxy) is 3. The molecule has 0 aromatic heterocycles. The van der Waals surface area contributed by atoms with E-state index >= 15 is 0 Å². The Kier molecular flexibility index (Phi) is 14.0. The lowest BCUT2D eigenvalue weighted by molar-refractivity contribution is -0.140. The second-order valence-electron chi connectivity index (χ2n) is 8.18. The molecule has 6 heteroatoms. The first-order chi connectivity index (χ1) is 15.0. The van der Waals surface area contributed by atoms with Crippen LogP contribution in [0.1, 0.15) is 77.6 Å². The summed E-state index contributed by atoms with van der Waals surface area (Å²) in [7, 11) is 2.94. The highest BCUT2D eigenvalue weighted by molar-refractivity contribution is 5.90. The summed E-state index contributed by atoms with van der Waals surface area (Å²) in [4.78, 5) is 36.1. The Hall–Kier alpha value is -1.79. The van der Waals surface area contributed by atoms with Gasteiger partial charge in [-0.15, -0.1) is 0 Å². The van der Waals surface area contributed by atoms with E-state index in [4.69, 9.17) is 9.47 Å². The first-order valence-electron chi connectivity index (χ1n) is 11.6. The van der Waals surface area contributed by atoms with E-state index in [0.717, 1.165) is 51.4 Å². The van der Waals surface area contributed by atoms with Crippen LogP contribution in [-0.4, -0.2) is 44.1 Å². The minimum Gasteiger partial charge on any atom is -0.469 e. The molecule has 0 aromatic carbocycles. The number of allylic oxidation sites excluding steroid dienone is 1. The van der Waals surface area contributed by atoms with Crippen molar-refractivity contribution in [2.45, 2.75) is 89.9 Å². The van der Waals surface area contributed by atoms with Crippen molar-refractivity contribution in [3.8, 4) is 0 Å². The minimum absolute atomic E-state index is 0.0973. The van der Waals surface area contributed by atoms with Gasteiger partial charge in [-0.1, -0.05) is 51.7 Å². The third-order valence-corrected chi connectivity index (χ3v) is 5.85. The van der Waals surface area contributed by atoms with Crippen LogP contribution in [0.15, 0.2) is 24.8 Å². The minimum atomic E-state index is -0.578. The fourth-order valence-electron chi connectivity index (χ4n) is 4.03. The molecule has 1 saturated carbocycles. The number of methoxy groups -OCH3 is 2. The first-order valence-corrected chi connectivity index (χ1v) is 11.6. The fraction of sp³-hybridized carbons (Fsp3) is 0.720. The molecular formula is C25H40O6. The summed E-state index contributed by atoms with van der Waals surface area (Å²) in [5.74, 6) is -0.218. The molecule has 31 heavy (non-hydrogen) atoms. The molecule has 0 heterocycles. The monoisotopic (exact) mass is 436 g/mol. The highest BCUT2D eigenvalue weighted by Crippen LogP contribution is 2.37. The van der Waals surface area contributed by atoms with E-state index in [1.54, 1.807) is 12.2 Å². The van der Waals surface area contributed by atoms with E-state index in [1.165, 1.54) is 14.2 Å². The van der Waals surface area contributed by atoms with Crippen molar-refractivity contribution in [2.75, 3.05) is 14.2 Å². The Morgan fingerprint density at radius 2 is 1.81 bits per heavy atom. The number of ketones is 2. The predicted octanol–water partition coefficient (Wildman–Crippen LogP) is 4.95. The second-order valence-corrected chi connectivity index (χ2v) is 8.18. The van der Waals surface area contributed by atoms with Crippen LogP contribution in [0.4, 0.5) is 0 Å². The van der Waals surface area contributed by atoms with Gasteiger partial charge < -0.3 is 14.2 Å². The lowest BCUT2D eigenvalue weighted by Gasteiger charge is -2.24. The van der Waals surface area contributed by atoms with Gasteiger partial charge in [-0.2, -0.15) is 0 Å². The van der Waals surface area contributed by atoms with Crippen LogP contribution in [-0.2, 0) is 28.6 Å². The van der Waals surface area contributed by atoms with E-state index < -0.39 is 6.29 Å². The molecule has 176 valence electrons. The Balaban J connectivity index is 2.68. The molecule has 1 unspecified atom stereocenters. The second kappa shape index (κ2) is 15.9. The van der Waals surface area contributed by atoms with Gasteiger partial charge in [0, 0.05) is 38.2 Å². The van der Waals surface area contributed by atoms with Crippen molar-refractivity contribution in [3.63, 3.8) is 0 Å². The zero-order valence-corrected chi connectivity index (χ0v) is 19.5. The zero-order chi connectivity index (χ0) is 23.1. The summed E-state index contributed by atoms with van der Waals surface area (Å²) in [5.41, 5.74) is 0. The van der Waals surface area contributed by atoms with Crippen LogP contribution in [0.3, 0.4) is 0 Å². The molecule has 0 N–H and O–H groups in total. The molecule has 0 amide bonds. The Morgan fingerprint density at radius 1 is 1.10 bits per heavy atom. The summed E-state index contributed by atoms with van der Waals surface area (Å²) in [5, 5.41) is 0. The number of esters is 1. The van der Waals surface area contributed by atoms with Gasteiger partial charge in [0.15, 0.2) is 12.1 Å². The van der Waals surface area contributed by atoms with Crippen LogP contribution >= 0.6 is 0 Å². The molecule has 0 saturated heterocycles. The average Bonchev–Trinajstić information content (AvgIpc) is 3.06. The van der Waals surface area contributed by atoms with Gasteiger partial charge in [-0.25, -0.2) is 0 Å². The average molecular weight is 437 g/mol. The van der Waals surface area contributed by atoms with Crippen LogP contribution in [0.5, 0.6) is 0 Å². The number of unbranched alkanes of at least 4 members (excludes halogenated alkanes) is 5. The van der Waals surface area contributed by atoms with E-state index in [1.807, 2.05) is 6.08 Å². The number of Topliss-reactive ketones (excluding diaryl/α,β-unsaturated/α-hetero) is 1. The van der Waals surface area contributed by atoms with Crippen molar-refractivity contribution in [2.24, 2.45) is 11.8 Å². The molecule has 1 aliphatic rings. The summed E-state index contributed by atoms with van der Waals surface area (Å²) in [6, 6.07) is 0. The normalized spacial score (nSPS) is 22.0. The number of carbonyl (C=O) groups is 3. The maximum atomic E-state index is 12.7. The zero-order valence-electron chi connectivity index (χ0n) is 19.5. The van der Waals surface area contributed by atoms with Crippen LogP contribution in [0, 0.1) is 11.8 Å². The van der Waals surface area contributed by atoms with Crippen molar-refractivity contribution in [1.82, 2.24) is 0 Å². The molecular weight excluding hydrogens is 396 g/mol. The number of hydrogen-bond acceptors (Lipinski definition) is 6. The summed E-state index contributed by atoms with van der Waals surface area (Å²) in [6.45, 7) is 5.82. The smallest absolute Gasteiger partial charge is 0.305 e. The third-order valence-electron chi connectivity index (χ3n) is 5.85. The summed E-state index contributed by atoms with van der Waals surface area (Å²) < 4.78 is 15.9. The topological polar surface area (TPSA) is 78.9 Å². The lowest BCUT2D eigenvalue weighted by atomic mass is 9.88. The first kappa shape index (κ1) is 27.2. The molecule has 4 atom stereocenters. The number of carbonyl (C=O) groups excluding carboxylic acids is 3. The Labute approximate surface area is 187 Å². The van der Waals surface area contributed by atoms with Gasteiger partial charge in [0.1, 0.15) is 5.78 Å². The Morgan fingerprint density at radius 3 is 2.45 bits per heavy atom. The molecule has 0 aliphatic heterocycles. The van der Waals surface area contributed by atoms with Gasteiger partial charge in [0.2, 0.25) is 0 Å². The van der Waals surface area contributed by atoms with Crippen molar-refractivity contribution in [1.29, 1.82) is 0 Å². The lowest BCUT2D eigenvalue weighted by Crippen LogP contribution is -2.27. The molecule has 0 bridgehead atoms. The van der Waals surface area contributed by atoms with E-state index in [0.29, 0.717) is 19.3 Å². The SMILES string of the molecule is C=CC(OC)O[C@H]1CC(=O)[C@@H](CCCCCCC(=O)OC)[C@@H]1C=CC(=O)CCCCC. The van der Waals surface area contributed by atoms with E-state index in [9.17, 15) is 14.4 Å². The molecule has 1 aliphatic carbocycles. The third kappa shape index (κ3) is 10.4. The standard InChI is InChI=1S/C25H40O6/c1-5-7-10-13-19(26)16-17-21-20(14-11-8-9-12-15-24(28)29-3)22(27)18-23(21)31-25(6-2)30-4/h6,16-17,20-21,23,25H,2,5,7-15,18H2,1,3-4H3/t20-,21-,23-,25?/m0/s1. The van der Waals surface area contributed by atoms with Gasteiger partial charge >= 0.3 is 5.97 Å². The van der Waals surface area contributed by atoms with E-state index in [-0.39, 0.29) is 35.5 Å². The maximum absolute atomic E-state index is 12.7. The molecule has 0 spiro atoms. The maximum Gasteiger partial charge on any atom is 0.305 e. The van der Waals surface area contributed by atoms with Crippen molar-refractivity contribution >= 4 is 17.5 Å². The van der Waals surface area contributed by atoms with E-state index in [2.05, 4.69) is 18.2 Å². The fourth-order valence-corrected chi connectivity index (χ4v) is 4.03. The van der Waals surface area contributed by atoms with Gasteiger partial charge in [0.25, 0.3) is 0 Å². The largest absolute Gasteiger partial charge is 0.469 e.